The summed E-state index contributed by atoms with van der Waals surface area (Å²) in [4.78, 5) is 10.7. The summed E-state index contributed by atoms with van der Waals surface area (Å²) in [6.45, 7) is 0.243. The number of aliphatic carboxylic acids is 1. The van der Waals surface area contributed by atoms with E-state index in [1.165, 1.54) is 24.3 Å². The predicted molar refractivity (Wildman–Crippen MR) is 109 cm³/mol. The molecule has 0 bridgehead atoms. The number of hydrogen-bond donors (Lipinski definition) is 3. The summed E-state index contributed by atoms with van der Waals surface area (Å²) in [7, 11) is -4.08. The quantitative estimate of drug-likeness (QED) is 0.527. The summed E-state index contributed by atoms with van der Waals surface area (Å²) in [5, 5.41) is 10.4. The molecule has 0 spiro atoms. The van der Waals surface area contributed by atoms with E-state index >= 15 is 0 Å². The number of sulfonamides is 1. The molecule has 1 fully saturated rings. The van der Waals surface area contributed by atoms with Crippen LogP contribution in [0.1, 0.15) is 0 Å². The van der Waals surface area contributed by atoms with Gasteiger partial charge in [-0.2, -0.15) is 22.0 Å². The van der Waals surface area contributed by atoms with Gasteiger partial charge in [0.15, 0.2) is 0 Å². The van der Waals surface area contributed by atoms with Gasteiger partial charge in [-0.05, 0) is 30.3 Å². The van der Waals surface area contributed by atoms with E-state index in [9.17, 15) is 30.4 Å². The molecule has 2 aromatic carbocycles. The van der Waals surface area contributed by atoms with Gasteiger partial charge in [-0.25, -0.2) is 13.2 Å². The first-order valence-electron chi connectivity index (χ1n) is 9.32. The summed E-state index contributed by atoms with van der Waals surface area (Å²) in [5.41, 5.74) is 1.25. The van der Waals surface area contributed by atoms with E-state index < -0.39 is 34.5 Å². The molecule has 0 unspecified atom stereocenters. The number of carboxylic acid groups (broad SMARTS) is 1. The van der Waals surface area contributed by atoms with Crippen LogP contribution in [-0.2, 0) is 14.8 Å². The van der Waals surface area contributed by atoms with Gasteiger partial charge < -0.3 is 20.1 Å². The predicted octanol–water partition coefficient (Wildman–Crippen LogP) is 3.13. The maximum absolute atomic E-state index is 12.6. The molecule has 8 nitrogen and oxygen atoms in total. The third-order valence-corrected chi connectivity index (χ3v) is 5.60. The Balaban J connectivity index is 0.000000479. The van der Waals surface area contributed by atoms with Gasteiger partial charge in [-0.15, -0.1) is 0 Å². The van der Waals surface area contributed by atoms with Crippen molar-refractivity contribution < 1.29 is 45.0 Å². The molecule has 0 atom stereocenters. The van der Waals surface area contributed by atoms with Gasteiger partial charge in [0, 0.05) is 31.9 Å². The number of nitrogens with zero attached hydrogens (tertiary/aromatic N) is 1. The summed E-state index contributed by atoms with van der Waals surface area (Å²) in [6.07, 6.45) is -5.08. The van der Waals surface area contributed by atoms with Crippen molar-refractivity contribution in [2.24, 2.45) is 0 Å². The standard InChI is InChI=1S/C17H19F2N3O3S.C2HF3O2/c18-17(19)25-15-6-1-2-7-16(15)26(23,24)21-13-4-3-5-14(12-13)22-10-8-20-9-11-22;3-2(4,5)1(6)7/h1-7,12,17,20-21H,8-11H2;(H,6,7). The Bertz CT molecular complexity index is 1040. The first-order valence-corrected chi connectivity index (χ1v) is 10.8. The molecular formula is C19H20F5N3O5S. The number of carbonyl (C=O) groups is 1. The fourth-order valence-corrected chi connectivity index (χ4v) is 3.95. The van der Waals surface area contributed by atoms with Crippen LogP contribution in [0.2, 0.25) is 0 Å². The molecule has 1 aliphatic rings. The van der Waals surface area contributed by atoms with Gasteiger partial charge >= 0.3 is 18.8 Å². The zero-order valence-corrected chi connectivity index (χ0v) is 17.7. The van der Waals surface area contributed by atoms with Crippen molar-refractivity contribution in [1.29, 1.82) is 0 Å². The van der Waals surface area contributed by atoms with E-state index in [-0.39, 0.29) is 4.90 Å². The van der Waals surface area contributed by atoms with E-state index in [0.717, 1.165) is 31.9 Å². The van der Waals surface area contributed by atoms with Crippen molar-refractivity contribution in [2.45, 2.75) is 17.7 Å². The van der Waals surface area contributed by atoms with Crippen LogP contribution in [-0.4, -0.2) is 58.5 Å². The molecule has 0 saturated carbocycles. The van der Waals surface area contributed by atoms with Crippen LogP contribution in [0.5, 0.6) is 5.75 Å². The van der Waals surface area contributed by atoms with Gasteiger partial charge in [0.2, 0.25) is 0 Å². The van der Waals surface area contributed by atoms with Gasteiger partial charge in [0.1, 0.15) is 10.6 Å². The lowest BCUT2D eigenvalue weighted by molar-refractivity contribution is -0.192. The molecule has 3 rings (SSSR count). The molecule has 1 heterocycles. The SMILES string of the molecule is O=C(O)C(F)(F)F.O=S(=O)(Nc1cccc(N2CCNCC2)c1)c1ccccc1OC(F)F. The molecule has 0 aliphatic carbocycles. The van der Waals surface area contributed by atoms with Crippen molar-refractivity contribution >= 4 is 27.4 Å². The Hall–Kier alpha value is -3.13. The van der Waals surface area contributed by atoms with Crippen molar-refractivity contribution in [3.05, 3.63) is 48.5 Å². The highest BCUT2D eigenvalue weighted by atomic mass is 32.2. The molecule has 0 amide bonds. The maximum atomic E-state index is 12.6. The Morgan fingerprint density at radius 3 is 2.27 bits per heavy atom. The van der Waals surface area contributed by atoms with Crippen molar-refractivity contribution in [3.63, 3.8) is 0 Å². The molecular weight excluding hydrogens is 477 g/mol. The molecule has 14 heteroatoms. The molecule has 1 aliphatic heterocycles. The third kappa shape index (κ3) is 8.05. The topological polar surface area (TPSA) is 108 Å². The smallest absolute Gasteiger partial charge is 0.475 e. The highest BCUT2D eigenvalue weighted by molar-refractivity contribution is 7.92. The molecule has 0 radical (unpaired) electrons. The van der Waals surface area contributed by atoms with Crippen LogP contribution in [0.3, 0.4) is 0 Å². The average Bonchev–Trinajstić information content (AvgIpc) is 2.74. The number of nitrogens with one attached hydrogen (secondary N) is 2. The van der Waals surface area contributed by atoms with Crippen molar-refractivity contribution in [1.82, 2.24) is 5.32 Å². The number of piperazine rings is 1. The summed E-state index contributed by atoms with van der Waals surface area (Å²) < 4.78 is 88.8. The Morgan fingerprint density at radius 2 is 1.70 bits per heavy atom. The van der Waals surface area contributed by atoms with Crippen molar-refractivity contribution in [3.8, 4) is 5.75 Å². The van der Waals surface area contributed by atoms with Crippen LogP contribution in [0.15, 0.2) is 53.4 Å². The lowest BCUT2D eigenvalue weighted by Crippen LogP contribution is -2.43. The third-order valence-electron chi connectivity index (χ3n) is 4.18. The maximum Gasteiger partial charge on any atom is 0.490 e. The van der Waals surface area contributed by atoms with Crippen molar-refractivity contribution in [2.75, 3.05) is 35.8 Å². The van der Waals surface area contributed by atoms with E-state index in [4.69, 9.17) is 9.90 Å². The first kappa shape index (κ1) is 26.1. The summed E-state index contributed by atoms with van der Waals surface area (Å²) in [6, 6.07) is 12.3. The summed E-state index contributed by atoms with van der Waals surface area (Å²) >= 11 is 0. The number of hydrogen-bond acceptors (Lipinski definition) is 6. The van der Waals surface area contributed by atoms with Gasteiger partial charge in [-0.1, -0.05) is 18.2 Å². The number of para-hydroxylation sites is 1. The first-order chi connectivity index (χ1) is 15.4. The van der Waals surface area contributed by atoms with Crippen LogP contribution >= 0.6 is 0 Å². The highest BCUT2D eigenvalue weighted by Gasteiger charge is 2.38. The van der Waals surface area contributed by atoms with E-state index in [1.807, 2.05) is 6.07 Å². The van der Waals surface area contributed by atoms with E-state index in [0.29, 0.717) is 5.69 Å². The number of halogens is 5. The second-order valence-corrected chi connectivity index (χ2v) is 8.17. The number of ether oxygens (including phenoxy) is 1. The number of anilines is 2. The zero-order valence-electron chi connectivity index (χ0n) is 16.9. The number of alkyl halides is 5. The largest absolute Gasteiger partial charge is 0.490 e. The molecule has 1 saturated heterocycles. The Labute approximate surface area is 186 Å². The second-order valence-electron chi connectivity index (χ2n) is 6.52. The number of carboxylic acids is 1. The average molecular weight is 497 g/mol. The zero-order chi connectivity index (χ0) is 24.6. The molecule has 182 valence electrons. The Kier molecular flexibility index (Phi) is 8.82. The fraction of sp³-hybridized carbons (Fsp3) is 0.316. The summed E-state index contributed by atoms with van der Waals surface area (Å²) in [5.74, 6) is -3.15. The molecule has 3 N–H and O–H groups in total. The molecule has 2 aromatic rings. The normalized spacial score (nSPS) is 14.3. The number of benzene rings is 2. The van der Waals surface area contributed by atoms with Crippen LogP contribution in [0.25, 0.3) is 0 Å². The fourth-order valence-electron chi connectivity index (χ4n) is 2.76. The highest BCUT2D eigenvalue weighted by Crippen LogP contribution is 2.28. The van der Waals surface area contributed by atoms with E-state index in [1.54, 1.807) is 18.2 Å². The van der Waals surface area contributed by atoms with Crippen LogP contribution < -0.4 is 19.7 Å². The lowest BCUT2D eigenvalue weighted by atomic mass is 10.2. The molecule has 33 heavy (non-hydrogen) atoms. The van der Waals surface area contributed by atoms with E-state index in [2.05, 4.69) is 19.7 Å². The van der Waals surface area contributed by atoms with Gasteiger partial charge in [-0.3, -0.25) is 4.72 Å². The second kappa shape index (κ2) is 11.1. The Morgan fingerprint density at radius 1 is 1.09 bits per heavy atom. The minimum atomic E-state index is -5.08. The van der Waals surface area contributed by atoms with Gasteiger partial charge in [0.25, 0.3) is 10.0 Å². The molecule has 0 aromatic heterocycles. The number of rotatable bonds is 6. The van der Waals surface area contributed by atoms with Gasteiger partial charge in [0.05, 0.1) is 5.69 Å². The van der Waals surface area contributed by atoms with Crippen LogP contribution in [0, 0.1) is 0 Å². The lowest BCUT2D eigenvalue weighted by Gasteiger charge is -2.29. The monoisotopic (exact) mass is 497 g/mol. The minimum absolute atomic E-state index is 0.340. The van der Waals surface area contributed by atoms with Crippen LogP contribution in [0.4, 0.5) is 33.3 Å². The minimum Gasteiger partial charge on any atom is -0.475 e.